The number of nitrogens with zero attached hydrogens (tertiary/aromatic N) is 3. The van der Waals surface area contributed by atoms with Crippen LogP contribution in [-0.2, 0) is 4.74 Å². The Morgan fingerprint density at radius 3 is 2.62 bits per heavy atom. The topological polar surface area (TPSA) is 72.0 Å². The van der Waals surface area contributed by atoms with Gasteiger partial charge in [-0.05, 0) is 43.3 Å². The van der Waals surface area contributed by atoms with E-state index >= 15 is 0 Å². The minimum absolute atomic E-state index is 0.367. The van der Waals surface area contributed by atoms with Gasteiger partial charge in [-0.2, -0.15) is 15.0 Å². The third-order valence-electron chi connectivity index (χ3n) is 4.33. The first kappa shape index (κ1) is 19.2. The van der Waals surface area contributed by atoms with Gasteiger partial charge in [0.05, 0.1) is 0 Å². The Morgan fingerprint density at radius 1 is 1.21 bits per heavy atom. The van der Waals surface area contributed by atoms with Gasteiger partial charge in [0.15, 0.2) is 5.16 Å². The number of hydrogen-bond donors (Lipinski definition) is 2. The summed E-state index contributed by atoms with van der Waals surface area (Å²) in [5, 5.41) is 7.55. The molecule has 0 saturated heterocycles. The maximum Gasteiger partial charge on any atom is 0.228 e. The molecule has 1 aromatic rings. The summed E-state index contributed by atoms with van der Waals surface area (Å²) in [7, 11) is 1.71. The van der Waals surface area contributed by atoms with Crippen LogP contribution in [0.5, 0.6) is 0 Å². The number of anilines is 2. The molecule has 2 rings (SSSR count). The fourth-order valence-electron chi connectivity index (χ4n) is 3.65. The molecule has 0 bridgehead atoms. The Labute approximate surface area is 150 Å². The normalized spacial score (nSPS) is 23.0. The summed E-state index contributed by atoms with van der Waals surface area (Å²) in [6, 6.07) is 0.419. The van der Waals surface area contributed by atoms with Crippen LogP contribution in [0.4, 0.5) is 11.9 Å². The first-order chi connectivity index (χ1) is 11.4. The first-order valence-corrected chi connectivity index (χ1v) is 9.94. The molecule has 0 spiro atoms. The van der Waals surface area contributed by atoms with Gasteiger partial charge >= 0.3 is 0 Å². The molecule has 1 fully saturated rings. The minimum atomic E-state index is 0.367. The van der Waals surface area contributed by atoms with Gasteiger partial charge in [-0.15, -0.1) is 0 Å². The van der Waals surface area contributed by atoms with Gasteiger partial charge in [-0.1, -0.05) is 32.5 Å². The molecule has 7 heteroatoms. The summed E-state index contributed by atoms with van der Waals surface area (Å²) in [4.78, 5) is 13.5. The van der Waals surface area contributed by atoms with E-state index in [0.717, 1.165) is 37.1 Å². The molecule has 1 aromatic heterocycles. The smallest absolute Gasteiger partial charge is 0.228 e. The highest BCUT2D eigenvalue weighted by atomic mass is 32.2. The van der Waals surface area contributed by atoms with E-state index in [4.69, 9.17) is 4.74 Å². The zero-order valence-corrected chi connectivity index (χ0v) is 16.4. The third kappa shape index (κ3) is 6.09. The Bertz CT molecular complexity index is 526. The SMILES string of the molecule is COCCCNc1nc(NC2CC(C)CC(C)(C)C2)nc(SC)n1. The number of hydrogen-bond acceptors (Lipinski definition) is 7. The zero-order valence-electron chi connectivity index (χ0n) is 15.6. The van der Waals surface area contributed by atoms with E-state index in [0.29, 0.717) is 23.4 Å². The quantitative estimate of drug-likeness (QED) is 0.546. The third-order valence-corrected chi connectivity index (χ3v) is 4.87. The largest absolute Gasteiger partial charge is 0.385 e. The van der Waals surface area contributed by atoms with Crippen LogP contribution >= 0.6 is 11.8 Å². The molecule has 0 amide bonds. The van der Waals surface area contributed by atoms with Gasteiger partial charge in [0.25, 0.3) is 0 Å². The van der Waals surface area contributed by atoms with Crippen LogP contribution in [0.3, 0.4) is 0 Å². The van der Waals surface area contributed by atoms with Crippen LogP contribution in [-0.4, -0.2) is 47.5 Å². The molecule has 2 N–H and O–H groups in total. The van der Waals surface area contributed by atoms with Gasteiger partial charge in [0.2, 0.25) is 11.9 Å². The first-order valence-electron chi connectivity index (χ1n) is 8.71. The fraction of sp³-hybridized carbons (Fsp3) is 0.824. The van der Waals surface area contributed by atoms with E-state index in [1.54, 1.807) is 7.11 Å². The Balaban J connectivity index is 2.03. The fourth-order valence-corrected chi connectivity index (χ4v) is 4.00. The van der Waals surface area contributed by atoms with Crippen molar-refractivity contribution in [3.8, 4) is 0 Å². The second-order valence-electron chi connectivity index (χ2n) is 7.50. The summed E-state index contributed by atoms with van der Waals surface area (Å²) in [5.41, 5.74) is 0.367. The molecule has 1 aliphatic carbocycles. The van der Waals surface area contributed by atoms with E-state index in [1.165, 1.54) is 24.6 Å². The lowest BCUT2D eigenvalue weighted by molar-refractivity contribution is 0.177. The Kier molecular flexibility index (Phi) is 7.10. The van der Waals surface area contributed by atoms with Gasteiger partial charge in [-0.25, -0.2) is 0 Å². The van der Waals surface area contributed by atoms with Crippen LogP contribution in [0.2, 0.25) is 0 Å². The molecule has 0 radical (unpaired) electrons. The van der Waals surface area contributed by atoms with Gasteiger partial charge in [-0.3, -0.25) is 0 Å². The number of aromatic nitrogens is 3. The monoisotopic (exact) mass is 353 g/mol. The maximum atomic E-state index is 5.07. The average Bonchev–Trinajstić information content (AvgIpc) is 2.49. The van der Waals surface area contributed by atoms with E-state index in [9.17, 15) is 0 Å². The van der Waals surface area contributed by atoms with Gasteiger partial charge in [0, 0.05) is 26.3 Å². The van der Waals surface area contributed by atoms with Crippen LogP contribution in [0.1, 0.15) is 46.5 Å². The van der Waals surface area contributed by atoms with Crippen LogP contribution < -0.4 is 10.6 Å². The maximum absolute atomic E-state index is 5.07. The lowest BCUT2D eigenvalue weighted by Gasteiger charge is -2.39. The molecule has 6 nitrogen and oxygen atoms in total. The molecular formula is C17H31N5OS. The lowest BCUT2D eigenvalue weighted by Crippen LogP contribution is -2.36. The van der Waals surface area contributed by atoms with Crippen LogP contribution in [0.25, 0.3) is 0 Å². The highest BCUT2D eigenvalue weighted by Gasteiger charge is 2.32. The van der Waals surface area contributed by atoms with Crippen molar-refractivity contribution in [1.29, 1.82) is 0 Å². The van der Waals surface area contributed by atoms with Crippen molar-refractivity contribution in [2.75, 3.05) is 37.2 Å². The summed E-state index contributed by atoms with van der Waals surface area (Å²) in [6.07, 6.45) is 6.51. The van der Waals surface area contributed by atoms with Crippen LogP contribution in [0, 0.1) is 11.3 Å². The van der Waals surface area contributed by atoms with Crippen molar-refractivity contribution in [2.24, 2.45) is 11.3 Å². The van der Waals surface area contributed by atoms with Crippen LogP contribution in [0.15, 0.2) is 5.16 Å². The Hall–Kier alpha value is -1.08. The number of nitrogens with one attached hydrogen (secondary N) is 2. The number of thioether (sulfide) groups is 1. The summed E-state index contributed by atoms with van der Waals surface area (Å²) < 4.78 is 5.07. The van der Waals surface area contributed by atoms with Crippen molar-refractivity contribution >= 4 is 23.7 Å². The molecule has 24 heavy (non-hydrogen) atoms. The minimum Gasteiger partial charge on any atom is -0.385 e. The lowest BCUT2D eigenvalue weighted by atomic mass is 9.71. The van der Waals surface area contributed by atoms with E-state index in [-0.39, 0.29) is 0 Å². The number of rotatable bonds is 8. The highest BCUT2D eigenvalue weighted by molar-refractivity contribution is 7.98. The summed E-state index contributed by atoms with van der Waals surface area (Å²) in [5.74, 6) is 2.04. The molecule has 136 valence electrons. The highest BCUT2D eigenvalue weighted by Crippen LogP contribution is 2.39. The second-order valence-corrected chi connectivity index (χ2v) is 8.27. The molecule has 0 aromatic carbocycles. The van der Waals surface area contributed by atoms with E-state index < -0.39 is 0 Å². The van der Waals surface area contributed by atoms with Crippen molar-refractivity contribution in [2.45, 2.75) is 57.7 Å². The summed E-state index contributed by atoms with van der Waals surface area (Å²) >= 11 is 1.54. The number of methoxy groups -OCH3 is 1. The van der Waals surface area contributed by atoms with Crippen molar-refractivity contribution in [3.63, 3.8) is 0 Å². The van der Waals surface area contributed by atoms with E-state index in [2.05, 4.69) is 46.4 Å². The van der Waals surface area contributed by atoms with Gasteiger partial charge < -0.3 is 15.4 Å². The predicted octanol–water partition coefficient (Wildman–Crippen LogP) is 3.67. The van der Waals surface area contributed by atoms with Crippen molar-refractivity contribution in [1.82, 2.24) is 15.0 Å². The molecule has 2 atom stereocenters. The molecule has 2 unspecified atom stereocenters. The predicted molar refractivity (Wildman–Crippen MR) is 101 cm³/mol. The summed E-state index contributed by atoms with van der Waals surface area (Å²) in [6.45, 7) is 8.55. The molecular weight excluding hydrogens is 322 g/mol. The standard InChI is InChI=1S/C17H31N5OS/c1-12-9-13(11-17(2,3)10-12)19-15-20-14(18-7-6-8-23-4)21-16(22-15)24-5/h12-13H,6-11H2,1-5H3,(H2,18,19,20,21,22). The second kappa shape index (κ2) is 8.85. The number of ether oxygens (including phenoxy) is 1. The Morgan fingerprint density at radius 2 is 1.96 bits per heavy atom. The van der Waals surface area contributed by atoms with Crippen molar-refractivity contribution < 1.29 is 4.74 Å². The van der Waals surface area contributed by atoms with E-state index in [1.807, 2.05) is 6.26 Å². The zero-order chi connectivity index (χ0) is 17.6. The molecule has 0 aliphatic heterocycles. The molecule has 1 aliphatic rings. The van der Waals surface area contributed by atoms with Gasteiger partial charge in [0.1, 0.15) is 0 Å². The molecule has 1 heterocycles. The van der Waals surface area contributed by atoms with Crippen molar-refractivity contribution in [3.05, 3.63) is 0 Å². The molecule has 1 saturated carbocycles. The average molecular weight is 354 g/mol.